The highest BCUT2D eigenvalue weighted by atomic mass is 35.5. The number of amides is 1. The second-order valence-corrected chi connectivity index (χ2v) is 6.47. The molecule has 0 aliphatic carbocycles. The van der Waals surface area contributed by atoms with Gasteiger partial charge in [0.1, 0.15) is 11.6 Å². The molecule has 0 heterocycles. The highest BCUT2D eigenvalue weighted by Gasteiger charge is 2.21. The van der Waals surface area contributed by atoms with Crippen molar-refractivity contribution in [2.24, 2.45) is 0 Å². The summed E-state index contributed by atoms with van der Waals surface area (Å²) in [6.45, 7) is 1.92. The van der Waals surface area contributed by atoms with Crippen LogP contribution in [0.4, 0.5) is 10.1 Å². The molecule has 0 aliphatic heterocycles. The second-order valence-electron chi connectivity index (χ2n) is 5.63. The van der Waals surface area contributed by atoms with Gasteiger partial charge >= 0.3 is 0 Å². The topological polar surface area (TPSA) is 41.6 Å². The summed E-state index contributed by atoms with van der Waals surface area (Å²) in [5.41, 5.74) is 0.829. The number of carbonyl (C=O) groups is 1. The molecule has 7 heteroatoms. The first kappa shape index (κ1) is 19.5. The van der Waals surface area contributed by atoms with Crippen LogP contribution in [0.2, 0.25) is 10.0 Å². The van der Waals surface area contributed by atoms with E-state index in [2.05, 4.69) is 5.32 Å². The predicted octanol–water partition coefficient (Wildman–Crippen LogP) is 4.60. The lowest BCUT2D eigenvalue weighted by molar-refractivity contribution is -0.120. The average Bonchev–Trinajstić information content (AvgIpc) is 2.57. The monoisotopic (exact) mass is 384 g/mol. The molecule has 2 rings (SSSR count). The first-order chi connectivity index (χ1) is 11.8. The largest absolute Gasteiger partial charge is 0.495 e. The summed E-state index contributed by atoms with van der Waals surface area (Å²) >= 11 is 12.0. The van der Waals surface area contributed by atoms with Gasteiger partial charge in [0, 0.05) is 22.2 Å². The zero-order valence-corrected chi connectivity index (χ0v) is 15.7. The molecular weight excluding hydrogens is 366 g/mol. The minimum Gasteiger partial charge on any atom is -0.495 e. The maximum Gasteiger partial charge on any atom is 0.241 e. The van der Waals surface area contributed by atoms with E-state index >= 15 is 0 Å². The van der Waals surface area contributed by atoms with Crippen LogP contribution >= 0.6 is 23.2 Å². The molecule has 2 aromatic carbocycles. The van der Waals surface area contributed by atoms with Crippen molar-refractivity contribution in [1.29, 1.82) is 0 Å². The summed E-state index contributed by atoms with van der Waals surface area (Å²) in [5.74, 6) is -0.163. The van der Waals surface area contributed by atoms with Gasteiger partial charge in [-0.3, -0.25) is 9.69 Å². The molecule has 1 atom stereocenters. The van der Waals surface area contributed by atoms with E-state index in [-0.39, 0.29) is 12.5 Å². The summed E-state index contributed by atoms with van der Waals surface area (Å²) in [7, 11) is 3.23. The van der Waals surface area contributed by atoms with Crippen molar-refractivity contribution >= 4 is 34.8 Å². The lowest BCUT2D eigenvalue weighted by Crippen LogP contribution is -2.39. The van der Waals surface area contributed by atoms with Gasteiger partial charge in [-0.25, -0.2) is 4.39 Å². The first-order valence-corrected chi connectivity index (χ1v) is 8.36. The summed E-state index contributed by atoms with van der Waals surface area (Å²) < 4.78 is 19.1. The summed E-state index contributed by atoms with van der Waals surface area (Å²) in [4.78, 5) is 14.2. The van der Waals surface area contributed by atoms with Gasteiger partial charge in [-0.2, -0.15) is 0 Å². The molecule has 25 heavy (non-hydrogen) atoms. The average molecular weight is 385 g/mol. The Kier molecular flexibility index (Phi) is 6.64. The Balaban J connectivity index is 2.10. The van der Waals surface area contributed by atoms with Gasteiger partial charge in [-0.15, -0.1) is 0 Å². The molecule has 1 N–H and O–H groups in total. The number of anilines is 1. The number of carbonyl (C=O) groups excluding carboxylic acids is 1. The van der Waals surface area contributed by atoms with E-state index in [1.807, 2.05) is 0 Å². The number of rotatable bonds is 6. The lowest BCUT2D eigenvalue weighted by atomic mass is 10.1. The van der Waals surface area contributed by atoms with Crippen LogP contribution in [0, 0.1) is 5.82 Å². The Morgan fingerprint density at radius 3 is 2.68 bits per heavy atom. The Bertz CT molecular complexity index is 750. The highest BCUT2D eigenvalue weighted by molar-refractivity contribution is 6.31. The molecule has 0 radical (unpaired) electrons. The third-order valence-electron chi connectivity index (χ3n) is 3.93. The predicted molar refractivity (Wildman–Crippen MR) is 99.0 cm³/mol. The Hall–Kier alpha value is -1.82. The van der Waals surface area contributed by atoms with E-state index in [1.165, 1.54) is 13.2 Å². The molecule has 0 saturated heterocycles. The van der Waals surface area contributed by atoms with Crippen molar-refractivity contribution in [3.8, 4) is 5.75 Å². The van der Waals surface area contributed by atoms with Gasteiger partial charge in [0.25, 0.3) is 0 Å². The number of benzene rings is 2. The Morgan fingerprint density at radius 1 is 1.32 bits per heavy atom. The van der Waals surface area contributed by atoms with Gasteiger partial charge in [0.05, 0.1) is 18.8 Å². The summed E-state index contributed by atoms with van der Waals surface area (Å²) in [6, 6.07) is 8.93. The maximum atomic E-state index is 13.9. The molecule has 0 aromatic heterocycles. The van der Waals surface area contributed by atoms with Crippen molar-refractivity contribution in [1.82, 2.24) is 4.90 Å². The van der Waals surface area contributed by atoms with Crippen molar-refractivity contribution in [3.63, 3.8) is 0 Å². The number of hydrogen-bond donors (Lipinski definition) is 1. The molecular formula is C18H19Cl2FN2O2. The smallest absolute Gasteiger partial charge is 0.241 e. The minimum absolute atomic E-state index is 0.201. The number of likely N-dealkylation sites (N-methyl/N-ethyl adjacent to an activating group) is 1. The van der Waals surface area contributed by atoms with Crippen LogP contribution < -0.4 is 10.1 Å². The van der Waals surface area contributed by atoms with Crippen LogP contribution in [0.15, 0.2) is 36.4 Å². The fraction of sp³-hybridized carbons (Fsp3) is 0.278. The third-order valence-corrected chi connectivity index (χ3v) is 4.52. The minimum atomic E-state index is -0.528. The van der Waals surface area contributed by atoms with E-state index in [4.69, 9.17) is 27.9 Å². The molecule has 1 amide bonds. The molecule has 0 spiro atoms. The summed E-state index contributed by atoms with van der Waals surface area (Å²) in [5, 5.41) is 3.59. The Labute approximate surface area is 156 Å². The fourth-order valence-corrected chi connectivity index (χ4v) is 2.68. The number of methoxy groups -OCH3 is 1. The van der Waals surface area contributed by atoms with Gasteiger partial charge in [-0.05, 0) is 44.3 Å². The molecule has 2 aromatic rings. The van der Waals surface area contributed by atoms with Gasteiger partial charge in [-0.1, -0.05) is 29.3 Å². The first-order valence-electron chi connectivity index (χ1n) is 7.61. The van der Waals surface area contributed by atoms with Crippen molar-refractivity contribution in [2.75, 3.05) is 19.5 Å². The van der Waals surface area contributed by atoms with Gasteiger partial charge in [0.15, 0.2) is 0 Å². The number of nitrogens with one attached hydrogen (secondary N) is 1. The fourth-order valence-electron chi connectivity index (χ4n) is 2.28. The van der Waals surface area contributed by atoms with Crippen LogP contribution in [0.3, 0.4) is 0 Å². The van der Waals surface area contributed by atoms with Crippen LogP contribution in [-0.2, 0) is 11.3 Å². The zero-order chi connectivity index (χ0) is 18.6. The van der Waals surface area contributed by atoms with Crippen molar-refractivity contribution in [2.45, 2.75) is 19.5 Å². The number of nitrogens with zero attached hydrogens (tertiary/aromatic N) is 1. The summed E-state index contributed by atoms with van der Waals surface area (Å²) in [6.07, 6.45) is 0. The highest BCUT2D eigenvalue weighted by Crippen LogP contribution is 2.28. The number of ether oxygens (including phenoxy) is 1. The van der Waals surface area contributed by atoms with Crippen molar-refractivity contribution < 1.29 is 13.9 Å². The Morgan fingerprint density at radius 2 is 2.04 bits per heavy atom. The zero-order valence-electron chi connectivity index (χ0n) is 14.1. The molecule has 0 aliphatic rings. The molecule has 0 unspecified atom stereocenters. The molecule has 134 valence electrons. The second kappa shape index (κ2) is 8.52. The lowest BCUT2D eigenvalue weighted by Gasteiger charge is -2.25. The van der Waals surface area contributed by atoms with E-state index in [9.17, 15) is 9.18 Å². The normalized spacial score (nSPS) is 12.1. The van der Waals surface area contributed by atoms with Crippen LogP contribution in [0.5, 0.6) is 5.75 Å². The number of hydrogen-bond acceptors (Lipinski definition) is 3. The van der Waals surface area contributed by atoms with Gasteiger partial charge < -0.3 is 10.1 Å². The third kappa shape index (κ3) is 4.84. The van der Waals surface area contributed by atoms with E-state index in [1.54, 1.807) is 49.2 Å². The van der Waals surface area contributed by atoms with Crippen molar-refractivity contribution in [3.05, 3.63) is 57.8 Å². The van der Waals surface area contributed by atoms with Crippen LogP contribution in [0.25, 0.3) is 0 Å². The standard InChI is InChI=1S/C18H19Cl2FN2O2/c1-11(23(2)10-13-14(20)5-4-6-15(13)21)18(24)22-16-9-12(19)7-8-17(16)25-3/h4-9,11H,10H2,1-3H3,(H,22,24)/t11-/m1/s1. The maximum absolute atomic E-state index is 13.9. The molecule has 0 fully saturated rings. The van der Waals surface area contributed by atoms with Crippen LogP contribution in [0.1, 0.15) is 12.5 Å². The molecule has 4 nitrogen and oxygen atoms in total. The van der Waals surface area contributed by atoms with E-state index < -0.39 is 11.9 Å². The number of halogens is 3. The van der Waals surface area contributed by atoms with Crippen LogP contribution in [-0.4, -0.2) is 31.0 Å². The van der Waals surface area contributed by atoms with E-state index in [0.717, 1.165) is 0 Å². The molecule has 0 saturated carbocycles. The quantitative estimate of drug-likeness (QED) is 0.790. The van der Waals surface area contributed by atoms with E-state index in [0.29, 0.717) is 27.0 Å². The SMILES string of the molecule is COc1ccc(Cl)cc1NC(=O)[C@@H](C)N(C)Cc1c(F)cccc1Cl. The van der Waals surface area contributed by atoms with Gasteiger partial charge in [0.2, 0.25) is 5.91 Å². The molecule has 0 bridgehead atoms.